The van der Waals surface area contributed by atoms with E-state index in [9.17, 15) is 4.39 Å². The van der Waals surface area contributed by atoms with E-state index < -0.39 is 5.82 Å². The van der Waals surface area contributed by atoms with Gasteiger partial charge in [0.1, 0.15) is 16.8 Å². The van der Waals surface area contributed by atoms with Crippen molar-refractivity contribution in [2.24, 2.45) is 0 Å². The summed E-state index contributed by atoms with van der Waals surface area (Å²) in [5.74, 6) is -0.210. The maximum absolute atomic E-state index is 13.6. The Morgan fingerprint density at radius 2 is 2.11 bits per heavy atom. The highest BCUT2D eigenvalue weighted by Crippen LogP contribution is 2.22. The van der Waals surface area contributed by atoms with Crippen molar-refractivity contribution in [2.75, 3.05) is 11.1 Å². The summed E-state index contributed by atoms with van der Waals surface area (Å²) in [6, 6.07) is 8.96. The van der Waals surface area contributed by atoms with Crippen LogP contribution in [0.25, 0.3) is 0 Å². The first-order valence-corrected chi connectivity index (χ1v) is 5.36. The molecule has 0 amide bonds. The lowest BCUT2D eigenvalue weighted by Crippen LogP contribution is -1.98. The fourth-order valence-electron chi connectivity index (χ4n) is 1.40. The molecule has 4 nitrogen and oxygen atoms in total. The Bertz CT molecular complexity index is 616. The maximum atomic E-state index is 13.6. The highest BCUT2D eigenvalue weighted by molar-refractivity contribution is 6.29. The van der Waals surface area contributed by atoms with E-state index in [1.165, 1.54) is 24.3 Å². The minimum absolute atomic E-state index is 0.197. The summed E-state index contributed by atoms with van der Waals surface area (Å²) < 4.78 is 13.6. The first kappa shape index (κ1) is 12.1. The second kappa shape index (κ2) is 4.90. The predicted octanol–water partition coefficient (Wildman–Crippen LogP) is 3.07. The van der Waals surface area contributed by atoms with Crippen LogP contribution in [0.4, 0.5) is 21.6 Å². The average molecular weight is 263 g/mol. The number of aromatic nitrogens is 1. The molecule has 0 saturated heterocycles. The largest absolute Gasteiger partial charge is 0.399 e. The van der Waals surface area contributed by atoms with E-state index in [-0.39, 0.29) is 16.4 Å². The van der Waals surface area contributed by atoms with E-state index >= 15 is 0 Å². The number of nitrogens with two attached hydrogens (primary N) is 1. The summed E-state index contributed by atoms with van der Waals surface area (Å²) in [5, 5.41) is 11.6. The third-order valence-electron chi connectivity index (χ3n) is 2.18. The van der Waals surface area contributed by atoms with E-state index in [1.807, 2.05) is 6.07 Å². The van der Waals surface area contributed by atoms with Crippen LogP contribution in [0.15, 0.2) is 30.3 Å². The van der Waals surface area contributed by atoms with Crippen molar-refractivity contribution in [1.29, 1.82) is 5.26 Å². The molecule has 0 aliphatic carbocycles. The molecule has 0 fully saturated rings. The molecule has 1 aromatic carbocycles. The molecule has 3 N–H and O–H groups in total. The lowest BCUT2D eigenvalue weighted by atomic mass is 10.2. The molecule has 0 saturated carbocycles. The zero-order valence-electron chi connectivity index (χ0n) is 9.11. The molecule has 0 spiro atoms. The fraction of sp³-hybridized carbons (Fsp3) is 0. The van der Waals surface area contributed by atoms with E-state index in [0.717, 1.165) is 6.07 Å². The van der Waals surface area contributed by atoms with Crippen LogP contribution in [0.5, 0.6) is 0 Å². The molecular formula is C12H8ClFN4. The third kappa shape index (κ3) is 2.67. The molecule has 0 aliphatic rings. The van der Waals surface area contributed by atoms with Crippen LogP contribution in [0.2, 0.25) is 5.15 Å². The number of nitrogen functional groups attached to an aromatic ring is 1. The molecule has 1 heterocycles. The Kier molecular flexibility index (Phi) is 3.31. The van der Waals surface area contributed by atoms with Crippen molar-refractivity contribution in [3.05, 3.63) is 46.9 Å². The number of hydrogen-bond donors (Lipinski definition) is 2. The first-order chi connectivity index (χ1) is 8.58. The number of halogens is 2. The van der Waals surface area contributed by atoms with Crippen molar-refractivity contribution >= 4 is 28.8 Å². The quantitative estimate of drug-likeness (QED) is 0.816. The summed E-state index contributed by atoms with van der Waals surface area (Å²) in [7, 11) is 0. The van der Waals surface area contributed by atoms with Gasteiger partial charge >= 0.3 is 0 Å². The molecule has 0 atom stereocenters. The van der Waals surface area contributed by atoms with Crippen LogP contribution in [0, 0.1) is 17.1 Å². The lowest BCUT2D eigenvalue weighted by molar-refractivity contribution is 0.631. The van der Waals surface area contributed by atoms with Gasteiger partial charge in [-0.2, -0.15) is 5.26 Å². The zero-order chi connectivity index (χ0) is 13.1. The van der Waals surface area contributed by atoms with Crippen LogP contribution in [0.3, 0.4) is 0 Å². The molecule has 0 bridgehead atoms. The van der Waals surface area contributed by atoms with Crippen LogP contribution in [0.1, 0.15) is 5.56 Å². The van der Waals surface area contributed by atoms with Gasteiger partial charge in [0.05, 0.1) is 17.3 Å². The molecule has 0 unspecified atom stereocenters. The first-order valence-electron chi connectivity index (χ1n) is 4.98. The molecule has 6 heteroatoms. The number of rotatable bonds is 2. The van der Waals surface area contributed by atoms with Gasteiger partial charge in [0, 0.05) is 11.8 Å². The number of nitrogens with zero attached hydrogens (tertiary/aromatic N) is 2. The molecule has 1 aromatic heterocycles. The summed E-state index contributed by atoms with van der Waals surface area (Å²) in [6.07, 6.45) is 0. The van der Waals surface area contributed by atoms with Gasteiger partial charge in [0.25, 0.3) is 0 Å². The van der Waals surface area contributed by atoms with Crippen LogP contribution >= 0.6 is 11.6 Å². The maximum Gasteiger partial charge on any atom is 0.147 e. The summed E-state index contributed by atoms with van der Waals surface area (Å²) in [4.78, 5) is 3.96. The van der Waals surface area contributed by atoms with Gasteiger partial charge < -0.3 is 11.1 Å². The number of benzene rings is 1. The van der Waals surface area contributed by atoms with Gasteiger partial charge in [-0.15, -0.1) is 0 Å². The number of hydrogen-bond acceptors (Lipinski definition) is 4. The standard InChI is InChI=1S/C12H8ClFN4/c13-11-4-8(16)5-12(18-11)17-10-2-1-7(6-15)3-9(10)14/h1-5H,(H3,16,17,18). The van der Waals surface area contributed by atoms with Crippen molar-refractivity contribution in [2.45, 2.75) is 0 Å². The molecule has 2 aromatic rings. The molecule has 90 valence electrons. The van der Waals surface area contributed by atoms with Gasteiger partial charge in [-0.1, -0.05) is 11.6 Å². The molecular weight excluding hydrogens is 255 g/mol. The molecule has 18 heavy (non-hydrogen) atoms. The Balaban J connectivity index is 2.31. The average Bonchev–Trinajstić information content (AvgIpc) is 2.30. The monoisotopic (exact) mass is 262 g/mol. The Morgan fingerprint density at radius 3 is 2.72 bits per heavy atom. The van der Waals surface area contributed by atoms with Crippen molar-refractivity contribution in [3.8, 4) is 6.07 Å². The second-order valence-corrected chi connectivity index (χ2v) is 3.93. The van der Waals surface area contributed by atoms with E-state index in [0.29, 0.717) is 11.5 Å². The van der Waals surface area contributed by atoms with Gasteiger partial charge in [0.15, 0.2) is 0 Å². The molecule has 0 aliphatic heterocycles. The highest BCUT2D eigenvalue weighted by Gasteiger charge is 2.05. The van der Waals surface area contributed by atoms with Gasteiger partial charge in [-0.25, -0.2) is 9.37 Å². The Hall–Kier alpha value is -2.32. The van der Waals surface area contributed by atoms with Crippen LogP contribution < -0.4 is 11.1 Å². The topological polar surface area (TPSA) is 74.7 Å². The molecule has 2 rings (SSSR count). The number of anilines is 3. The highest BCUT2D eigenvalue weighted by atomic mass is 35.5. The van der Waals surface area contributed by atoms with Gasteiger partial charge in [-0.3, -0.25) is 0 Å². The van der Waals surface area contributed by atoms with E-state index in [1.54, 1.807) is 0 Å². The van der Waals surface area contributed by atoms with Crippen molar-refractivity contribution in [3.63, 3.8) is 0 Å². The number of nitrogens with one attached hydrogen (secondary N) is 1. The Labute approximate surface area is 108 Å². The zero-order valence-corrected chi connectivity index (χ0v) is 9.87. The van der Waals surface area contributed by atoms with Crippen LogP contribution in [-0.2, 0) is 0 Å². The smallest absolute Gasteiger partial charge is 0.147 e. The van der Waals surface area contributed by atoms with Crippen LogP contribution in [-0.4, -0.2) is 4.98 Å². The predicted molar refractivity (Wildman–Crippen MR) is 68.1 cm³/mol. The Morgan fingerprint density at radius 1 is 1.33 bits per heavy atom. The fourth-order valence-corrected chi connectivity index (χ4v) is 1.62. The SMILES string of the molecule is N#Cc1ccc(Nc2cc(N)cc(Cl)n2)c(F)c1. The van der Waals surface area contributed by atoms with E-state index in [4.69, 9.17) is 22.6 Å². The minimum Gasteiger partial charge on any atom is -0.399 e. The molecule has 0 radical (unpaired) electrons. The number of nitriles is 1. The second-order valence-electron chi connectivity index (χ2n) is 3.54. The van der Waals surface area contributed by atoms with Gasteiger partial charge in [0.2, 0.25) is 0 Å². The normalized spacial score (nSPS) is 9.83. The van der Waals surface area contributed by atoms with Gasteiger partial charge in [-0.05, 0) is 24.3 Å². The minimum atomic E-state index is -0.547. The van der Waals surface area contributed by atoms with Crippen molar-refractivity contribution < 1.29 is 4.39 Å². The lowest BCUT2D eigenvalue weighted by Gasteiger charge is -2.08. The summed E-state index contributed by atoms with van der Waals surface area (Å²) in [5.41, 5.74) is 6.46. The van der Waals surface area contributed by atoms with E-state index in [2.05, 4.69) is 10.3 Å². The number of pyridine rings is 1. The summed E-state index contributed by atoms with van der Waals surface area (Å²) in [6.45, 7) is 0. The summed E-state index contributed by atoms with van der Waals surface area (Å²) >= 11 is 5.74. The van der Waals surface area contributed by atoms with Crippen molar-refractivity contribution in [1.82, 2.24) is 4.98 Å². The third-order valence-corrected chi connectivity index (χ3v) is 2.37.